The Morgan fingerprint density at radius 2 is 2.25 bits per heavy atom. The number of aromatic nitrogens is 1. The second-order valence-corrected chi connectivity index (χ2v) is 2.87. The molecule has 0 aliphatic heterocycles. The SMILES string of the molecule is [Ir].[c-]1ccccc1-c1cscn1. The third-order valence-corrected chi connectivity index (χ3v) is 2.00. The first-order valence-corrected chi connectivity index (χ1v) is 4.26. The number of nitrogens with zero attached hydrogens (tertiary/aromatic N) is 1. The molecule has 0 bridgehead atoms. The molecule has 0 aliphatic rings. The van der Waals surface area contributed by atoms with Crippen LogP contribution in [-0.4, -0.2) is 4.98 Å². The van der Waals surface area contributed by atoms with Gasteiger partial charge in [-0.15, -0.1) is 47.2 Å². The van der Waals surface area contributed by atoms with Crippen LogP contribution in [0.3, 0.4) is 0 Å². The second kappa shape index (κ2) is 4.51. The van der Waals surface area contributed by atoms with Crippen LogP contribution in [0.2, 0.25) is 0 Å². The second-order valence-electron chi connectivity index (χ2n) is 2.15. The van der Waals surface area contributed by atoms with Crippen molar-refractivity contribution < 1.29 is 20.1 Å². The number of rotatable bonds is 1. The van der Waals surface area contributed by atoms with Crippen molar-refractivity contribution in [2.75, 3.05) is 0 Å². The molecule has 3 heteroatoms. The van der Waals surface area contributed by atoms with Crippen LogP contribution in [0.25, 0.3) is 11.3 Å². The van der Waals surface area contributed by atoms with Gasteiger partial charge in [-0.2, -0.15) is 0 Å². The predicted molar refractivity (Wildman–Crippen MR) is 46.4 cm³/mol. The molecule has 0 aliphatic carbocycles. The van der Waals surface area contributed by atoms with Crippen LogP contribution in [-0.2, 0) is 20.1 Å². The average molecular weight is 352 g/mol. The van der Waals surface area contributed by atoms with Crippen molar-refractivity contribution in [2.45, 2.75) is 0 Å². The van der Waals surface area contributed by atoms with Gasteiger partial charge in [0.05, 0.1) is 5.51 Å². The Bertz CT molecular complexity index is 318. The molecule has 1 aromatic heterocycles. The molecule has 2 aromatic rings. The number of hydrogen-bond donors (Lipinski definition) is 0. The average Bonchev–Trinajstić information content (AvgIpc) is 2.58. The summed E-state index contributed by atoms with van der Waals surface area (Å²) in [6.07, 6.45) is 0. The minimum Gasteiger partial charge on any atom is -0.293 e. The van der Waals surface area contributed by atoms with E-state index in [1.165, 1.54) is 0 Å². The van der Waals surface area contributed by atoms with E-state index in [9.17, 15) is 0 Å². The van der Waals surface area contributed by atoms with Crippen molar-refractivity contribution in [3.63, 3.8) is 0 Å². The van der Waals surface area contributed by atoms with Gasteiger partial charge in [0.1, 0.15) is 0 Å². The van der Waals surface area contributed by atoms with Crippen molar-refractivity contribution >= 4 is 11.3 Å². The molecule has 12 heavy (non-hydrogen) atoms. The maximum atomic E-state index is 4.17. The molecular weight excluding hydrogens is 346 g/mol. The van der Waals surface area contributed by atoms with Crippen LogP contribution in [0, 0.1) is 6.07 Å². The molecule has 0 unspecified atom stereocenters. The maximum absolute atomic E-state index is 4.17. The van der Waals surface area contributed by atoms with Crippen molar-refractivity contribution in [2.24, 2.45) is 0 Å². The van der Waals surface area contributed by atoms with E-state index < -0.39 is 0 Å². The minimum atomic E-state index is 0. The zero-order valence-corrected chi connectivity index (χ0v) is 9.36. The Kier molecular flexibility index (Phi) is 3.60. The number of benzene rings is 1. The summed E-state index contributed by atoms with van der Waals surface area (Å²) < 4.78 is 0. The van der Waals surface area contributed by atoms with E-state index in [-0.39, 0.29) is 20.1 Å². The van der Waals surface area contributed by atoms with Gasteiger partial charge >= 0.3 is 0 Å². The van der Waals surface area contributed by atoms with E-state index in [4.69, 9.17) is 0 Å². The summed E-state index contributed by atoms with van der Waals surface area (Å²) in [5.74, 6) is 0. The Hall–Kier alpha value is -0.501. The van der Waals surface area contributed by atoms with Gasteiger partial charge in [0.15, 0.2) is 0 Å². The predicted octanol–water partition coefficient (Wildman–Crippen LogP) is 2.61. The first-order valence-electron chi connectivity index (χ1n) is 3.32. The zero-order chi connectivity index (χ0) is 7.52. The van der Waals surface area contributed by atoms with Gasteiger partial charge < -0.3 is 0 Å². The summed E-state index contributed by atoms with van der Waals surface area (Å²) in [4.78, 5) is 4.17. The van der Waals surface area contributed by atoms with E-state index in [2.05, 4.69) is 11.1 Å². The zero-order valence-electron chi connectivity index (χ0n) is 6.15. The number of thiazole rings is 1. The molecule has 0 spiro atoms. The van der Waals surface area contributed by atoms with Gasteiger partial charge in [0, 0.05) is 20.1 Å². The van der Waals surface area contributed by atoms with E-state index in [0.717, 1.165) is 11.3 Å². The molecule has 1 aromatic carbocycles. The summed E-state index contributed by atoms with van der Waals surface area (Å²) in [5.41, 5.74) is 3.90. The van der Waals surface area contributed by atoms with Crippen molar-refractivity contribution in [1.29, 1.82) is 0 Å². The maximum Gasteiger partial charge on any atom is 0.0676 e. The van der Waals surface area contributed by atoms with Gasteiger partial charge in [-0.25, -0.2) is 0 Å². The van der Waals surface area contributed by atoms with Crippen LogP contribution in [0.1, 0.15) is 0 Å². The Morgan fingerprint density at radius 1 is 1.33 bits per heavy atom. The first kappa shape index (κ1) is 9.59. The van der Waals surface area contributed by atoms with E-state index in [1.807, 2.05) is 35.2 Å². The molecule has 0 N–H and O–H groups in total. The van der Waals surface area contributed by atoms with Crippen LogP contribution < -0.4 is 0 Å². The largest absolute Gasteiger partial charge is 0.293 e. The Balaban J connectivity index is 0.000000720. The Labute approximate surface area is 88.8 Å². The first-order chi connectivity index (χ1) is 5.47. The normalized spacial score (nSPS) is 9.00. The fraction of sp³-hybridized carbons (Fsp3) is 0. The molecule has 1 radical (unpaired) electrons. The minimum absolute atomic E-state index is 0. The molecule has 1 nitrogen and oxygen atoms in total. The molecule has 2 rings (SSSR count). The van der Waals surface area contributed by atoms with Gasteiger partial charge in [-0.05, 0) is 11.1 Å². The fourth-order valence-electron chi connectivity index (χ4n) is 0.898. The van der Waals surface area contributed by atoms with Gasteiger partial charge in [-0.1, -0.05) is 0 Å². The molecule has 63 valence electrons. The third kappa shape index (κ3) is 2.01. The standard InChI is InChI=1S/C9H6NS.Ir/c1-2-4-8(5-3-1)9-6-11-7-10-9;/h1-4,6-7H;/q-1;. The molecule has 0 atom stereocenters. The van der Waals surface area contributed by atoms with E-state index >= 15 is 0 Å². The molecule has 0 amide bonds. The van der Waals surface area contributed by atoms with Crippen LogP contribution >= 0.6 is 11.3 Å². The summed E-state index contributed by atoms with van der Waals surface area (Å²) in [6, 6.07) is 11.0. The van der Waals surface area contributed by atoms with Gasteiger partial charge in [0.2, 0.25) is 0 Å². The van der Waals surface area contributed by atoms with Gasteiger partial charge in [0.25, 0.3) is 0 Å². The fourth-order valence-corrected chi connectivity index (χ4v) is 1.45. The van der Waals surface area contributed by atoms with Crippen molar-refractivity contribution in [3.8, 4) is 11.3 Å². The third-order valence-electron chi connectivity index (χ3n) is 1.42. The van der Waals surface area contributed by atoms with Crippen molar-refractivity contribution in [1.82, 2.24) is 4.98 Å². The van der Waals surface area contributed by atoms with E-state index in [0.29, 0.717) is 0 Å². The summed E-state index contributed by atoms with van der Waals surface area (Å²) in [7, 11) is 0. The molecule has 0 fully saturated rings. The summed E-state index contributed by atoms with van der Waals surface area (Å²) >= 11 is 1.60. The molecular formula is C9H6IrNS-. The smallest absolute Gasteiger partial charge is 0.0676 e. The summed E-state index contributed by atoms with van der Waals surface area (Å²) in [5, 5.41) is 2.02. The van der Waals surface area contributed by atoms with Gasteiger partial charge in [-0.3, -0.25) is 4.98 Å². The van der Waals surface area contributed by atoms with E-state index in [1.54, 1.807) is 11.3 Å². The van der Waals surface area contributed by atoms with Crippen LogP contribution in [0.5, 0.6) is 0 Å². The molecule has 0 saturated heterocycles. The Morgan fingerprint density at radius 3 is 2.83 bits per heavy atom. The van der Waals surface area contributed by atoms with Crippen LogP contribution in [0.4, 0.5) is 0 Å². The molecule has 0 saturated carbocycles. The quantitative estimate of drug-likeness (QED) is 0.719. The topological polar surface area (TPSA) is 12.9 Å². The monoisotopic (exact) mass is 353 g/mol. The van der Waals surface area contributed by atoms with Crippen molar-refractivity contribution in [3.05, 3.63) is 41.2 Å². The summed E-state index contributed by atoms with van der Waals surface area (Å²) in [6.45, 7) is 0. The number of hydrogen-bond acceptors (Lipinski definition) is 2. The molecule has 1 heterocycles. The van der Waals surface area contributed by atoms with Crippen LogP contribution in [0.15, 0.2) is 35.2 Å².